The molecule has 2 aromatic rings. The largest absolute Gasteiger partial charge is 0.462 e. The molecule has 2 aromatic heterocycles. The third kappa shape index (κ3) is 2.96. The lowest BCUT2D eigenvalue weighted by atomic mass is 10.2. The Morgan fingerprint density at radius 2 is 2.26 bits per heavy atom. The van der Waals surface area contributed by atoms with Gasteiger partial charge in [0.2, 0.25) is 5.95 Å². The number of rotatable bonds is 5. The zero-order chi connectivity index (χ0) is 13.8. The third-order valence-corrected chi connectivity index (χ3v) is 3.56. The second-order valence-electron chi connectivity index (χ2n) is 3.81. The predicted molar refractivity (Wildman–Crippen MR) is 77.2 cm³/mol. The molecule has 0 aliphatic carbocycles. The minimum Gasteiger partial charge on any atom is -0.462 e. The molecule has 0 aromatic carbocycles. The second kappa shape index (κ2) is 6.16. The first-order valence-electron chi connectivity index (χ1n) is 6.03. The van der Waals surface area contributed by atoms with Crippen LogP contribution in [-0.2, 0) is 4.74 Å². The summed E-state index contributed by atoms with van der Waals surface area (Å²) in [5.74, 6) is 0.0881. The molecule has 19 heavy (non-hydrogen) atoms. The summed E-state index contributed by atoms with van der Waals surface area (Å²) < 4.78 is 4.98. The van der Waals surface area contributed by atoms with Crippen LogP contribution in [0, 0.1) is 0 Å². The van der Waals surface area contributed by atoms with Crippen LogP contribution < -0.4 is 5.32 Å². The second-order valence-corrected chi connectivity index (χ2v) is 5.03. The van der Waals surface area contributed by atoms with Crippen LogP contribution >= 0.6 is 22.9 Å². The molecule has 102 valence electrons. The lowest BCUT2D eigenvalue weighted by Crippen LogP contribution is -2.06. The molecule has 0 atom stereocenters. The van der Waals surface area contributed by atoms with E-state index in [9.17, 15) is 4.79 Å². The minimum absolute atomic E-state index is 0.271. The number of anilines is 1. The Labute approximate surface area is 120 Å². The van der Waals surface area contributed by atoms with Crippen molar-refractivity contribution in [2.45, 2.75) is 20.3 Å². The highest BCUT2D eigenvalue weighted by molar-refractivity contribution is 7.17. The monoisotopic (exact) mass is 299 g/mol. The van der Waals surface area contributed by atoms with Crippen molar-refractivity contribution >= 4 is 45.1 Å². The van der Waals surface area contributed by atoms with Gasteiger partial charge in [0.15, 0.2) is 0 Å². The van der Waals surface area contributed by atoms with Crippen molar-refractivity contribution in [3.05, 3.63) is 16.1 Å². The molecule has 0 radical (unpaired) electrons. The number of thiophene rings is 1. The maximum atomic E-state index is 11.8. The van der Waals surface area contributed by atoms with E-state index in [2.05, 4.69) is 22.2 Å². The lowest BCUT2D eigenvalue weighted by molar-refractivity contribution is 0.0529. The van der Waals surface area contributed by atoms with Gasteiger partial charge in [0.25, 0.3) is 0 Å². The van der Waals surface area contributed by atoms with Crippen molar-refractivity contribution in [1.82, 2.24) is 9.97 Å². The summed E-state index contributed by atoms with van der Waals surface area (Å²) in [6, 6.07) is 0. The van der Waals surface area contributed by atoms with Crippen LogP contribution in [0.5, 0.6) is 0 Å². The molecule has 0 aliphatic heterocycles. The molecular formula is C12H14ClN3O2S. The first-order chi connectivity index (χ1) is 9.17. The van der Waals surface area contributed by atoms with Crippen LogP contribution in [-0.4, -0.2) is 29.1 Å². The fourth-order valence-electron chi connectivity index (χ4n) is 1.57. The minimum atomic E-state index is -0.395. The molecule has 0 saturated heterocycles. The van der Waals surface area contributed by atoms with Crippen molar-refractivity contribution < 1.29 is 9.53 Å². The van der Waals surface area contributed by atoms with Crippen LogP contribution in [0.1, 0.15) is 30.6 Å². The van der Waals surface area contributed by atoms with Gasteiger partial charge in [-0.2, -0.15) is 0 Å². The number of halogens is 1. The number of nitrogens with one attached hydrogen (secondary N) is 1. The summed E-state index contributed by atoms with van der Waals surface area (Å²) >= 11 is 7.49. The molecule has 0 unspecified atom stereocenters. The number of aromatic nitrogens is 2. The quantitative estimate of drug-likeness (QED) is 0.677. The van der Waals surface area contributed by atoms with Crippen LogP contribution in [0.25, 0.3) is 10.2 Å². The highest BCUT2D eigenvalue weighted by atomic mass is 35.5. The number of ether oxygens (including phenoxy) is 1. The molecule has 1 N–H and O–H groups in total. The van der Waals surface area contributed by atoms with Crippen molar-refractivity contribution in [3.8, 4) is 0 Å². The number of nitrogens with zero attached hydrogens (tertiary/aromatic N) is 2. The van der Waals surface area contributed by atoms with Crippen molar-refractivity contribution in [3.63, 3.8) is 0 Å². The summed E-state index contributed by atoms with van der Waals surface area (Å²) in [7, 11) is 0. The smallest absolute Gasteiger partial charge is 0.339 e. The Hall–Kier alpha value is -1.40. The van der Waals surface area contributed by atoms with E-state index < -0.39 is 5.97 Å². The van der Waals surface area contributed by atoms with Gasteiger partial charge in [-0.25, -0.2) is 14.8 Å². The van der Waals surface area contributed by atoms with E-state index in [-0.39, 0.29) is 5.15 Å². The maximum absolute atomic E-state index is 11.8. The Morgan fingerprint density at radius 1 is 1.47 bits per heavy atom. The first-order valence-corrected chi connectivity index (χ1v) is 7.28. The summed E-state index contributed by atoms with van der Waals surface area (Å²) in [6.45, 7) is 4.91. The average molecular weight is 300 g/mol. The molecule has 2 rings (SSSR count). The summed E-state index contributed by atoms with van der Waals surface area (Å²) in [4.78, 5) is 21.0. The molecular weight excluding hydrogens is 286 g/mol. The van der Waals surface area contributed by atoms with Crippen LogP contribution in [0.4, 0.5) is 5.95 Å². The van der Waals surface area contributed by atoms with Crippen LogP contribution in [0.2, 0.25) is 5.15 Å². The van der Waals surface area contributed by atoms with Crippen LogP contribution in [0.3, 0.4) is 0 Å². The van der Waals surface area contributed by atoms with Gasteiger partial charge in [0.1, 0.15) is 9.98 Å². The Balaban J connectivity index is 2.41. The molecule has 0 aliphatic rings. The summed E-state index contributed by atoms with van der Waals surface area (Å²) in [5, 5.41) is 5.61. The fraction of sp³-hybridized carbons (Fsp3) is 0.417. The van der Waals surface area contributed by atoms with E-state index >= 15 is 0 Å². The van der Waals surface area contributed by atoms with E-state index in [1.807, 2.05) is 0 Å². The summed E-state index contributed by atoms with van der Waals surface area (Å²) in [6.07, 6.45) is 0.970. The van der Waals surface area contributed by atoms with E-state index in [0.29, 0.717) is 28.3 Å². The topological polar surface area (TPSA) is 64.1 Å². The van der Waals surface area contributed by atoms with Gasteiger partial charge in [-0.1, -0.05) is 18.5 Å². The Bertz CT molecular complexity index is 600. The highest BCUT2D eigenvalue weighted by Crippen LogP contribution is 2.31. The molecule has 0 saturated carbocycles. The molecule has 2 heterocycles. The number of carbonyl (C=O) groups is 1. The lowest BCUT2D eigenvalue weighted by Gasteiger charge is -2.04. The number of fused-ring (bicyclic) bond motifs is 1. The van der Waals surface area contributed by atoms with Crippen LogP contribution in [0.15, 0.2) is 5.38 Å². The molecule has 0 fully saturated rings. The number of hydrogen-bond acceptors (Lipinski definition) is 6. The molecule has 7 heteroatoms. The standard InChI is InChI=1S/C12H14ClN3O2S/c1-3-5-14-12-15-9(13)8-7(11(17)18-4-2)6-19-10(8)16-12/h6H,3-5H2,1-2H3,(H,14,15,16). The molecule has 0 bridgehead atoms. The van der Waals surface area contributed by atoms with Crippen molar-refractivity contribution in [2.75, 3.05) is 18.5 Å². The van der Waals surface area contributed by atoms with Crippen molar-refractivity contribution in [1.29, 1.82) is 0 Å². The SMILES string of the molecule is CCCNc1nc(Cl)c2c(C(=O)OCC)csc2n1. The number of esters is 1. The van der Waals surface area contributed by atoms with Gasteiger partial charge in [-0.05, 0) is 13.3 Å². The van der Waals surface area contributed by atoms with Crippen molar-refractivity contribution in [2.24, 2.45) is 0 Å². The van der Waals surface area contributed by atoms with Gasteiger partial charge < -0.3 is 10.1 Å². The zero-order valence-electron chi connectivity index (χ0n) is 10.7. The summed E-state index contributed by atoms with van der Waals surface area (Å²) in [5.41, 5.74) is 0.425. The molecule has 5 nitrogen and oxygen atoms in total. The van der Waals surface area contributed by atoms with Gasteiger partial charge in [0.05, 0.1) is 17.6 Å². The Kier molecular flexibility index (Phi) is 4.55. The van der Waals surface area contributed by atoms with E-state index in [4.69, 9.17) is 16.3 Å². The number of carbonyl (C=O) groups excluding carboxylic acids is 1. The normalized spacial score (nSPS) is 10.7. The third-order valence-electron chi connectivity index (χ3n) is 2.42. The Morgan fingerprint density at radius 3 is 2.95 bits per heavy atom. The van der Waals surface area contributed by atoms with Gasteiger partial charge in [-0.15, -0.1) is 11.3 Å². The molecule has 0 spiro atoms. The van der Waals surface area contributed by atoms with Gasteiger partial charge >= 0.3 is 5.97 Å². The zero-order valence-corrected chi connectivity index (χ0v) is 12.3. The maximum Gasteiger partial charge on any atom is 0.339 e. The average Bonchev–Trinajstić information content (AvgIpc) is 2.81. The van der Waals surface area contributed by atoms with E-state index in [0.717, 1.165) is 13.0 Å². The van der Waals surface area contributed by atoms with E-state index in [1.54, 1.807) is 12.3 Å². The van der Waals surface area contributed by atoms with Gasteiger partial charge in [-0.3, -0.25) is 0 Å². The van der Waals surface area contributed by atoms with E-state index in [1.165, 1.54) is 11.3 Å². The molecule has 0 amide bonds. The number of hydrogen-bond donors (Lipinski definition) is 1. The first kappa shape index (κ1) is 14.0. The highest BCUT2D eigenvalue weighted by Gasteiger charge is 2.18. The fourth-order valence-corrected chi connectivity index (χ4v) is 2.81. The van der Waals surface area contributed by atoms with Gasteiger partial charge in [0, 0.05) is 11.9 Å². The predicted octanol–water partition coefficient (Wildman–Crippen LogP) is 3.34.